The average Bonchev–Trinajstić information content (AvgIpc) is 2.16. The molecule has 88 valence electrons. The van der Waals surface area contributed by atoms with E-state index in [1.165, 1.54) is 6.07 Å². The fourth-order valence-corrected chi connectivity index (χ4v) is 1.20. The number of rotatable bonds is 5. The number of nitro groups is 1. The fraction of sp³-hybridized carbons (Fsp3) is 0.455. The van der Waals surface area contributed by atoms with Crippen LogP contribution in [0.3, 0.4) is 0 Å². The Morgan fingerprint density at radius 1 is 1.50 bits per heavy atom. The molecule has 0 aliphatic rings. The summed E-state index contributed by atoms with van der Waals surface area (Å²) in [6.45, 7) is 4.87. The lowest BCUT2D eigenvalue weighted by molar-refractivity contribution is -0.387. The van der Waals surface area contributed by atoms with Crippen molar-refractivity contribution in [2.24, 2.45) is 5.92 Å². The zero-order valence-electron chi connectivity index (χ0n) is 9.27. The number of halogens is 1. The van der Waals surface area contributed by atoms with Gasteiger partial charge in [0.2, 0.25) is 5.82 Å². The smallest absolute Gasteiger partial charge is 0.304 e. The lowest BCUT2D eigenvalue weighted by Crippen LogP contribution is -2.02. The molecule has 0 N–H and O–H groups in total. The van der Waals surface area contributed by atoms with Gasteiger partial charge < -0.3 is 4.74 Å². The summed E-state index contributed by atoms with van der Waals surface area (Å²) in [7, 11) is 0. The van der Waals surface area contributed by atoms with Gasteiger partial charge in [-0.1, -0.05) is 13.8 Å². The highest BCUT2D eigenvalue weighted by Crippen LogP contribution is 2.18. The van der Waals surface area contributed by atoms with E-state index in [1.54, 1.807) is 0 Å². The van der Waals surface area contributed by atoms with Gasteiger partial charge in [-0.3, -0.25) is 10.1 Å². The lowest BCUT2D eigenvalue weighted by Gasteiger charge is -2.06. The molecule has 0 aliphatic heterocycles. The Hall–Kier alpha value is -1.49. The first-order valence-electron chi connectivity index (χ1n) is 5.01. The van der Waals surface area contributed by atoms with Crippen molar-refractivity contribution < 1.29 is 14.1 Å². The van der Waals surface area contributed by atoms with Gasteiger partial charge in [-0.2, -0.15) is 4.39 Å². The standard InChI is InChI=1S/C11H14FNO3/c1-8(2)6-16-7-9-3-4-11(13(14)15)10(12)5-9/h3-5,8H,6-7H2,1-2H3. The highest BCUT2D eigenvalue weighted by Gasteiger charge is 2.13. The largest absolute Gasteiger partial charge is 0.377 e. The molecule has 0 heterocycles. The predicted molar refractivity (Wildman–Crippen MR) is 57.5 cm³/mol. The molecule has 16 heavy (non-hydrogen) atoms. The van der Waals surface area contributed by atoms with Gasteiger partial charge in [0.15, 0.2) is 0 Å². The third kappa shape index (κ3) is 3.58. The summed E-state index contributed by atoms with van der Waals surface area (Å²) in [5.74, 6) is -0.418. The van der Waals surface area contributed by atoms with Crippen molar-refractivity contribution >= 4 is 5.69 Å². The molecule has 0 spiro atoms. The molecule has 0 fully saturated rings. The van der Waals surface area contributed by atoms with Gasteiger partial charge in [-0.25, -0.2) is 0 Å². The summed E-state index contributed by atoms with van der Waals surface area (Å²) in [5, 5.41) is 10.4. The molecule has 1 aromatic carbocycles. The monoisotopic (exact) mass is 227 g/mol. The van der Waals surface area contributed by atoms with Crippen molar-refractivity contribution in [3.05, 3.63) is 39.7 Å². The predicted octanol–water partition coefficient (Wildman–Crippen LogP) is 2.91. The Bertz CT molecular complexity index is 379. The molecule has 0 bridgehead atoms. The van der Waals surface area contributed by atoms with Crippen LogP contribution in [0.2, 0.25) is 0 Å². The highest BCUT2D eigenvalue weighted by molar-refractivity contribution is 5.34. The molecular formula is C11H14FNO3. The zero-order chi connectivity index (χ0) is 12.1. The average molecular weight is 227 g/mol. The Labute approximate surface area is 93.2 Å². The third-order valence-corrected chi connectivity index (χ3v) is 1.93. The van der Waals surface area contributed by atoms with Crippen LogP contribution in [0.25, 0.3) is 0 Å². The summed E-state index contributed by atoms with van der Waals surface area (Å²) in [6.07, 6.45) is 0. The Morgan fingerprint density at radius 3 is 2.69 bits per heavy atom. The van der Waals surface area contributed by atoms with Gasteiger partial charge in [0.05, 0.1) is 11.5 Å². The van der Waals surface area contributed by atoms with E-state index in [1.807, 2.05) is 13.8 Å². The molecule has 0 atom stereocenters. The maximum atomic E-state index is 13.2. The van der Waals surface area contributed by atoms with Crippen molar-refractivity contribution in [2.45, 2.75) is 20.5 Å². The summed E-state index contributed by atoms with van der Waals surface area (Å²) in [4.78, 5) is 9.63. The van der Waals surface area contributed by atoms with Crippen molar-refractivity contribution in [1.82, 2.24) is 0 Å². The second kappa shape index (κ2) is 5.55. The van der Waals surface area contributed by atoms with E-state index in [-0.39, 0.29) is 6.61 Å². The van der Waals surface area contributed by atoms with Crippen LogP contribution >= 0.6 is 0 Å². The van der Waals surface area contributed by atoms with Crippen LogP contribution in [-0.4, -0.2) is 11.5 Å². The van der Waals surface area contributed by atoms with Crippen LogP contribution in [0.15, 0.2) is 18.2 Å². The minimum absolute atomic E-state index is 0.271. The van der Waals surface area contributed by atoms with Gasteiger partial charge in [-0.15, -0.1) is 0 Å². The molecule has 0 unspecified atom stereocenters. The first kappa shape index (κ1) is 12.6. The molecule has 1 aromatic rings. The molecular weight excluding hydrogens is 213 g/mol. The van der Waals surface area contributed by atoms with Gasteiger partial charge in [0.25, 0.3) is 0 Å². The molecule has 0 radical (unpaired) electrons. The van der Waals surface area contributed by atoms with Crippen molar-refractivity contribution in [2.75, 3.05) is 6.61 Å². The normalized spacial score (nSPS) is 10.8. The van der Waals surface area contributed by atoms with E-state index >= 15 is 0 Å². The van der Waals surface area contributed by atoms with Crippen molar-refractivity contribution in [3.8, 4) is 0 Å². The van der Waals surface area contributed by atoms with Gasteiger partial charge in [0, 0.05) is 12.7 Å². The topological polar surface area (TPSA) is 52.4 Å². The van der Waals surface area contributed by atoms with Crippen LogP contribution in [-0.2, 0) is 11.3 Å². The van der Waals surface area contributed by atoms with Crippen LogP contribution in [0.4, 0.5) is 10.1 Å². The minimum atomic E-state index is -0.823. The summed E-state index contributed by atoms with van der Waals surface area (Å²) >= 11 is 0. The summed E-state index contributed by atoms with van der Waals surface area (Å²) in [6, 6.07) is 3.80. The van der Waals surface area contributed by atoms with Gasteiger partial charge in [-0.05, 0) is 23.6 Å². The van der Waals surface area contributed by atoms with Crippen molar-refractivity contribution in [3.63, 3.8) is 0 Å². The molecule has 0 saturated heterocycles. The number of hydrogen-bond donors (Lipinski definition) is 0. The first-order valence-corrected chi connectivity index (χ1v) is 5.01. The molecule has 0 aliphatic carbocycles. The molecule has 5 heteroatoms. The molecule has 0 aromatic heterocycles. The van der Waals surface area contributed by atoms with E-state index in [9.17, 15) is 14.5 Å². The van der Waals surface area contributed by atoms with Crippen LogP contribution in [0.1, 0.15) is 19.4 Å². The van der Waals surface area contributed by atoms with Crippen LogP contribution in [0, 0.1) is 21.8 Å². The summed E-state index contributed by atoms with van der Waals surface area (Å²) in [5.41, 5.74) is 0.0939. The van der Waals surface area contributed by atoms with E-state index in [0.717, 1.165) is 12.1 Å². The number of nitrogens with zero attached hydrogens (tertiary/aromatic N) is 1. The number of hydrogen-bond acceptors (Lipinski definition) is 3. The first-order chi connectivity index (χ1) is 7.50. The van der Waals surface area contributed by atoms with Crippen LogP contribution in [0.5, 0.6) is 0 Å². The Morgan fingerprint density at radius 2 is 2.19 bits per heavy atom. The zero-order valence-corrected chi connectivity index (χ0v) is 9.27. The van der Waals surface area contributed by atoms with E-state index in [0.29, 0.717) is 18.1 Å². The second-order valence-corrected chi connectivity index (χ2v) is 3.95. The maximum Gasteiger partial charge on any atom is 0.304 e. The maximum absolute atomic E-state index is 13.2. The SMILES string of the molecule is CC(C)COCc1ccc([N+](=O)[O-])c(F)c1. The molecule has 0 amide bonds. The fourth-order valence-electron chi connectivity index (χ4n) is 1.20. The van der Waals surface area contributed by atoms with Gasteiger partial charge >= 0.3 is 5.69 Å². The minimum Gasteiger partial charge on any atom is -0.377 e. The number of nitro benzene ring substituents is 1. The quantitative estimate of drug-likeness (QED) is 0.574. The highest BCUT2D eigenvalue weighted by atomic mass is 19.1. The molecule has 1 rings (SSSR count). The van der Waals surface area contributed by atoms with Crippen LogP contribution < -0.4 is 0 Å². The molecule has 4 nitrogen and oxygen atoms in total. The number of ether oxygens (including phenoxy) is 1. The van der Waals surface area contributed by atoms with E-state index in [4.69, 9.17) is 4.74 Å². The lowest BCUT2D eigenvalue weighted by atomic mass is 10.2. The van der Waals surface area contributed by atoms with Gasteiger partial charge in [0.1, 0.15) is 0 Å². The summed E-state index contributed by atoms with van der Waals surface area (Å²) < 4.78 is 18.5. The second-order valence-electron chi connectivity index (χ2n) is 3.95. The third-order valence-electron chi connectivity index (χ3n) is 1.93. The Balaban J connectivity index is 2.63. The van der Waals surface area contributed by atoms with Crippen molar-refractivity contribution in [1.29, 1.82) is 0 Å². The molecule has 0 saturated carbocycles. The number of benzene rings is 1. The Kier molecular flexibility index (Phi) is 4.37. The van der Waals surface area contributed by atoms with E-state index in [2.05, 4.69) is 0 Å². The van der Waals surface area contributed by atoms with E-state index < -0.39 is 16.4 Å².